The van der Waals surface area contributed by atoms with E-state index < -0.39 is 0 Å². The minimum atomic E-state index is -0.126. The van der Waals surface area contributed by atoms with E-state index in [9.17, 15) is 9.59 Å². The molecule has 140 valence electrons. The number of amides is 2. The lowest BCUT2D eigenvalue weighted by atomic mass is 10.3. The van der Waals surface area contributed by atoms with Crippen molar-refractivity contribution in [3.05, 3.63) is 46.7 Å². The highest BCUT2D eigenvalue weighted by molar-refractivity contribution is 8.01. The number of hydrogen-bond donors (Lipinski definition) is 3. The molecule has 7 nitrogen and oxygen atoms in total. The van der Waals surface area contributed by atoms with Crippen molar-refractivity contribution in [3.8, 4) is 0 Å². The summed E-state index contributed by atoms with van der Waals surface area (Å²) in [6.45, 7) is 2.01. The van der Waals surface area contributed by atoms with Crippen molar-refractivity contribution < 1.29 is 9.59 Å². The molecule has 3 rings (SSSR count). The van der Waals surface area contributed by atoms with Crippen LogP contribution in [-0.2, 0) is 16.1 Å². The van der Waals surface area contributed by atoms with Crippen LogP contribution in [0, 0.1) is 0 Å². The van der Waals surface area contributed by atoms with Crippen LogP contribution in [0.15, 0.2) is 46.1 Å². The molecule has 27 heavy (non-hydrogen) atoms. The van der Waals surface area contributed by atoms with Gasteiger partial charge in [0.1, 0.15) is 0 Å². The molecule has 0 aliphatic carbocycles. The summed E-state index contributed by atoms with van der Waals surface area (Å²) in [6.07, 6.45) is 0. The molecule has 2 aromatic heterocycles. The first-order valence-electron chi connectivity index (χ1n) is 7.98. The van der Waals surface area contributed by atoms with E-state index in [-0.39, 0.29) is 17.6 Å². The molecule has 1 aromatic carbocycles. The highest BCUT2D eigenvalue weighted by atomic mass is 32.2. The van der Waals surface area contributed by atoms with Crippen LogP contribution in [0.5, 0.6) is 0 Å². The Labute approximate surface area is 168 Å². The number of carbonyl (C=O) groups is 2. The van der Waals surface area contributed by atoms with Crippen LogP contribution in [0.2, 0.25) is 0 Å². The van der Waals surface area contributed by atoms with Gasteiger partial charge in [-0.25, -0.2) is 0 Å². The fourth-order valence-electron chi connectivity index (χ4n) is 2.10. The number of thiophene rings is 1. The third-order valence-corrected chi connectivity index (χ3v) is 6.06. The smallest absolute Gasteiger partial charge is 0.230 e. The van der Waals surface area contributed by atoms with Gasteiger partial charge < -0.3 is 16.0 Å². The van der Waals surface area contributed by atoms with Gasteiger partial charge in [0, 0.05) is 23.2 Å². The normalized spacial score (nSPS) is 10.4. The average Bonchev–Trinajstić information content (AvgIpc) is 3.30. The summed E-state index contributed by atoms with van der Waals surface area (Å²) in [5, 5.41) is 19.5. The maximum atomic E-state index is 11.9. The predicted octanol–water partition coefficient (Wildman–Crippen LogP) is 3.71. The van der Waals surface area contributed by atoms with Gasteiger partial charge in [0.15, 0.2) is 4.34 Å². The largest absolute Gasteiger partial charge is 0.350 e. The number of nitrogens with zero attached hydrogens (tertiary/aromatic N) is 2. The zero-order chi connectivity index (χ0) is 19.1. The summed E-state index contributed by atoms with van der Waals surface area (Å²) in [4.78, 5) is 24.2. The van der Waals surface area contributed by atoms with Crippen LogP contribution < -0.4 is 16.0 Å². The van der Waals surface area contributed by atoms with Gasteiger partial charge in [-0.1, -0.05) is 35.2 Å². The fourth-order valence-corrected chi connectivity index (χ4v) is 4.34. The van der Waals surface area contributed by atoms with Crippen molar-refractivity contribution in [3.63, 3.8) is 0 Å². The highest BCUT2D eigenvalue weighted by Crippen LogP contribution is 2.28. The van der Waals surface area contributed by atoms with Gasteiger partial charge in [-0.15, -0.1) is 21.5 Å². The van der Waals surface area contributed by atoms with Gasteiger partial charge in [0.05, 0.1) is 12.3 Å². The molecule has 2 amide bonds. The van der Waals surface area contributed by atoms with Crippen LogP contribution in [0.4, 0.5) is 16.5 Å². The Balaban J connectivity index is 1.48. The van der Waals surface area contributed by atoms with E-state index in [0.29, 0.717) is 21.7 Å². The lowest BCUT2D eigenvalue weighted by Crippen LogP contribution is -2.24. The molecule has 0 atom stereocenters. The van der Waals surface area contributed by atoms with Crippen LogP contribution >= 0.6 is 34.4 Å². The summed E-state index contributed by atoms with van der Waals surface area (Å²) < 4.78 is 0.710. The van der Waals surface area contributed by atoms with Crippen molar-refractivity contribution in [2.75, 3.05) is 16.4 Å². The molecule has 0 aliphatic heterocycles. The molecular formula is C17H17N5O2S3. The highest BCUT2D eigenvalue weighted by Gasteiger charge is 2.09. The number of nitrogens with one attached hydrogen (secondary N) is 3. The first-order chi connectivity index (χ1) is 13.1. The Morgan fingerprint density at radius 1 is 1.15 bits per heavy atom. The SMILES string of the molecule is CC(=O)Nc1cccc(Nc2nnc(SCC(=O)NCc3cccs3)s2)c1. The summed E-state index contributed by atoms with van der Waals surface area (Å²) in [5.74, 6) is 0.123. The number of hydrogen-bond acceptors (Lipinski definition) is 8. The molecule has 3 N–H and O–H groups in total. The topological polar surface area (TPSA) is 96.0 Å². The lowest BCUT2D eigenvalue weighted by molar-refractivity contribution is -0.118. The minimum Gasteiger partial charge on any atom is -0.350 e. The minimum absolute atomic E-state index is 0.0406. The maximum Gasteiger partial charge on any atom is 0.230 e. The molecule has 0 saturated heterocycles. The molecule has 0 spiro atoms. The van der Waals surface area contributed by atoms with Crippen LogP contribution in [0.25, 0.3) is 0 Å². The summed E-state index contributed by atoms with van der Waals surface area (Å²) >= 11 is 4.33. The van der Waals surface area contributed by atoms with Gasteiger partial charge >= 0.3 is 0 Å². The van der Waals surface area contributed by atoms with Crippen molar-refractivity contribution in [2.45, 2.75) is 17.8 Å². The Morgan fingerprint density at radius 3 is 2.78 bits per heavy atom. The van der Waals surface area contributed by atoms with Crippen molar-refractivity contribution in [1.29, 1.82) is 0 Å². The number of rotatable bonds is 8. The molecule has 3 aromatic rings. The van der Waals surface area contributed by atoms with Crippen molar-refractivity contribution in [2.24, 2.45) is 0 Å². The van der Waals surface area contributed by atoms with Gasteiger partial charge in [0.2, 0.25) is 16.9 Å². The van der Waals surface area contributed by atoms with E-state index in [1.807, 2.05) is 41.8 Å². The maximum absolute atomic E-state index is 11.9. The third kappa shape index (κ3) is 6.35. The van der Waals surface area contributed by atoms with Gasteiger partial charge in [-0.2, -0.15) is 0 Å². The fraction of sp³-hybridized carbons (Fsp3) is 0.176. The predicted molar refractivity (Wildman–Crippen MR) is 111 cm³/mol. The number of aromatic nitrogens is 2. The molecule has 0 fully saturated rings. The zero-order valence-corrected chi connectivity index (χ0v) is 16.8. The molecule has 0 radical (unpaired) electrons. The second-order valence-electron chi connectivity index (χ2n) is 5.40. The Kier molecular flexibility index (Phi) is 6.80. The molecule has 0 unspecified atom stereocenters. The van der Waals surface area contributed by atoms with Crippen LogP contribution in [-0.4, -0.2) is 27.8 Å². The first-order valence-corrected chi connectivity index (χ1v) is 10.7. The summed E-state index contributed by atoms with van der Waals surface area (Å²) in [6, 6.07) is 11.3. The van der Waals surface area contributed by atoms with E-state index in [1.165, 1.54) is 30.0 Å². The second-order valence-corrected chi connectivity index (χ2v) is 8.64. The Morgan fingerprint density at radius 2 is 2.00 bits per heavy atom. The van der Waals surface area contributed by atoms with E-state index >= 15 is 0 Å². The van der Waals surface area contributed by atoms with Crippen LogP contribution in [0.1, 0.15) is 11.8 Å². The van der Waals surface area contributed by atoms with E-state index in [1.54, 1.807) is 11.3 Å². The van der Waals surface area contributed by atoms with Gasteiger partial charge in [0.25, 0.3) is 0 Å². The monoisotopic (exact) mass is 419 g/mol. The second kappa shape index (κ2) is 9.49. The van der Waals surface area contributed by atoms with Crippen molar-refractivity contribution >= 4 is 62.8 Å². The van der Waals surface area contributed by atoms with Crippen molar-refractivity contribution in [1.82, 2.24) is 15.5 Å². The van der Waals surface area contributed by atoms with E-state index in [2.05, 4.69) is 26.1 Å². The average molecular weight is 420 g/mol. The van der Waals surface area contributed by atoms with E-state index in [4.69, 9.17) is 0 Å². The van der Waals surface area contributed by atoms with Crippen LogP contribution in [0.3, 0.4) is 0 Å². The lowest BCUT2D eigenvalue weighted by Gasteiger charge is -2.05. The number of benzene rings is 1. The number of anilines is 3. The van der Waals surface area contributed by atoms with Gasteiger partial charge in [-0.3, -0.25) is 9.59 Å². The number of carbonyl (C=O) groups excluding carboxylic acids is 2. The first kappa shape index (κ1) is 19.3. The molecule has 10 heteroatoms. The summed E-state index contributed by atoms with van der Waals surface area (Å²) in [5.41, 5.74) is 1.50. The number of thioether (sulfide) groups is 1. The molecule has 2 heterocycles. The molecule has 0 bridgehead atoms. The van der Waals surface area contributed by atoms with E-state index in [0.717, 1.165) is 10.6 Å². The third-order valence-electron chi connectivity index (χ3n) is 3.21. The summed E-state index contributed by atoms with van der Waals surface area (Å²) in [7, 11) is 0. The quantitative estimate of drug-likeness (QED) is 0.482. The van der Waals surface area contributed by atoms with Gasteiger partial charge in [-0.05, 0) is 29.6 Å². The Bertz CT molecular complexity index is 911. The Hall–Kier alpha value is -2.43. The standard InChI is InChI=1S/C17H17N5O2S3/c1-11(23)19-12-4-2-5-13(8-12)20-16-21-22-17(27-16)26-10-15(24)18-9-14-6-3-7-25-14/h2-8H,9-10H2,1H3,(H,18,24)(H,19,23)(H,20,21). The molecule has 0 aliphatic rings. The molecule has 0 saturated carbocycles. The molecular weight excluding hydrogens is 402 g/mol. The zero-order valence-electron chi connectivity index (χ0n) is 14.4.